The van der Waals surface area contributed by atoms with Crippen LogP contribution in [0.25, 0.3) is 32.8 Å². The average Bonchev–Trinajstić information content (AvgIpc) is 3.67. The summed E-state index contributed by atoms with van der Waals surface area (Å²) in [5, 5.41) is 12.5. The summed E-state index contributed by atoms with van der Waals surface area (Å²) in [6, 6.07) is 20.7. The van der Waals surface area contributed by atoms with Crippen LogP contribution in [-0.4, -0.2) is 30.8 Å². The van der Waals surface area contributed by atoms with E-state index in [-0.39, 0.29) is 5.91 Å². The highest BCUT2D eigenvalue weighted by Gasteiger charge is 2.19. The number of amides is 1. The van der Waals surface area contributed by atoms with Crippen LogP contribution in [0, 0.1) is 0 Å². The molecule has 0 aliphatic rings. The van der Waals surface area contributed by atoms with E-state index >= 15 is 0 Å². The SMILES string of the molecule is O=C(Nc1ccc(-c2cnc[nH]2)cc1)c1nn(Cc2cc(-c3ccc(Cl)s3)on2)c2ccccc12. The maximum atomic E-state index is 13.2. The number of rotatable bonds is 6. The number of hydrogen-bond donors (Lipinski definition) is 2. The van der Waals surface area contributed by atoms with Gasteiger partial charge in [0, 0.05) is 17.1 Å². The zero-order chi connectivity index (χ0) is 23.8. The maximum Gasteiger partial charge on any atom is 0.276 e. The summed E-state index contributed by atoms with van der Waals surface area (Å²) in [5.74, 6) is 0.355. The Hall–Kier alpha value is -4.21. The van der Waals surface area contributed by atoms with Crippen LogP contribution >= 0.6 is 22.9 Å². The zero-order valence-electron chi connectivity index (χ0n) is 18.1. The number of halogens is 1. The zero-order valence-corrected chi connectivity index (χ0v) is 19.7. The molecule has 4 heterocycles. The van der Waals surface area contributed by atoms with Crippen LogP contribution < -0.4 is 5.32 Å². The van der Waals surface area contributed by atoms with Crippen molar-refractivity contribution in [1.82, 2.24) is 24.9 Å². The van der Waals surface area contributed by atoms with Gasteiger partial charge in [-0.05, 0) is 35.9 Å². The molecule has 0 spiro atoms. The lowest BCUT2D eigenvalue weighted by atomic mass is 10.1. The molecule has 0 radical (unpaired) electrons. The van der Waals surface area contributed by atoms with E-state index in [1.165, 1.54) is 11.3 Å². The van der Waals surface area contributed by atoms with E-state index < -0.39 is 0 Å². The number of fused-ring (bicyclic) bond motifs is 1. The second-order valence-electron chi connectivity index (χ2n) is 7.81. The highest BCUT2D eigenvalue weighted by Crippen LogP contribution is 2.31. The number of anilines is 1. The molecule has 8 nitrogen and oxygen atoms in total. The van der Waals surface area contributed by atoms with Crippen LogP contribution in [-0.2, 0) is 6.54 Å². The number of aromatic nitrogens is 5. The predicted molar refractivity (Wildman–Crippen MR) is 136 cm³/mol. The third-order valence-electron chi connectivity index (χ3n) is 5.51. The number of aromatic amines is 1. The minimum absolute atomic E-state index is 0.289. The first-order valence-electron chi connectivity index (χ1n) is 10.7. The van der Waals surface area contributed by atoms with Gasteiger partial charge in [0.2, 0.25) is 0 Å². The molecule has 6 aromatic rings. The smallest absolute Gasteiger partial charge is 0.276 e. The van der Waals surface area contributed by atoms with Gasteiger partial charge in [0.1, 0.15) is 5.69 Å². The monoisotopic (exact) mass is 500 g/mol. The molecule has 0 bridgehead atoms. The molecule has 1 amide bonds. The first kappa shape index (κ1) is 21.3. The Bertz CT molecular complexity index is 1630. The van der Waals surface area contributed by atoms with Crippen molar-refractivity contribution in [2.24, 2.45) is 0 Å². The van der Waals surface area contributed by atoms with Gasteiger partial charge in [-0.15, -0.1) is 11.3 Å². The molecule has 4 aromatic heterocycles. The molecule has 6 rings (SSSR count). The maximum absolute atomic E-state index is 13.2. The van der Waals surface area contributed by atoms with Gasteiger partial charge < -0.3 is 14.8 Å². The van der Waals surface area contributed by atoms with Gasteiger partial charge in [0.05, 0.1) is 39.5 Å². The number of imidazole rings is 1. The largest absolute Gasteiger partial charge is 0.355 e. The predicted octanol–water partition coefficient (Wildman–Crippen LogP) is 6.10. The molecule has 0 saturated carbocycles. The van der Waals surface area contributed by atoms with E-state index in [1.54, 1.807) is 17.2 Å². The van der Waals surface area contributed by atoms with Crippen molar-refractivity contribution >= 4 is 45.4 Å². The lowest BCUT2D eigenvalue weighted by molar-refractivity contribution is 0.102. The number of hydrogen-bond acceptors (Lipinski definition) is 6. The fourth-order valence-electron chi connectivity index (χ4n) is 3.86. The number of H-pyrrole nitrogens is 1. The molecule has 0 fully saturated rings. The number of benzene rings is 2. The number of thiophene rings is 1. The van der Waals surface area contributed by atoms with Crippen LogP contribution in [0.3, 0.4) is 0 Å². The van der Waals surface area contributed by atoms with Gasteiger partial charge in [-0.1, -0.05) is 47.1 Å². The molecular formula is C25H17ClN6O2S. The number of nitrogens with one attached hydrogen (secondary N) is 2. The van der Waals surface area contributed by atoms with Crippen LogP contribution in [0.1, 0.15) is 16.2 Å². The van der Waals surface area contributed by atoms with Crippen LogP contribution in [0.15, 0.2) is 83.8 Å². The number of carbonyl (C=O) groups is 1. The molecule has 35 heavy (non-hydrogen) atoms. The van der Waals surface area contributed by atoms with Gasteiger partial charge in [-0.25, -0.2) is 4.98 Å². The fraction of sp³-hybridized carbons (Fsp3) is 0.0400. The van der Waals surface area contributed by atoms with Crippen molar-refractivity contribution in [3.8, 4) is 21.9 Å². The van der Waals surface area contributed by atoms with Crippen LogP contribution in [0.4, 0.5) is 5.69 Å². The first-order chi connectivity index (χ1) is 17.1. The first-order valence-corrected chi connectivity index (χ1v) is 11.9. The Morgan fingerprint density at radius 1 is 1.11 bits per heavy atom. The summed E-state index contributed by atoms with van der Waals surface area (Å²) >= 11 is 7.46. The van der Waals surface area contributed by atoms with Gasteiger partial charge in [0.25, 0.3) is 5.91 Å². The van der Waals surface area contributed by atoms with E-state index in [2.05, 4.69) is 25.5 Å². The molecule has 0 atom stereocenters. The Morgan fingerprint density at radius 3 is 2.74 bits per heavy atom. The standard InChI is InChI=1S/C25H17ClN6O2S/c26-23-10-9-22(35-23)21-11-17(31-34-21)13-32-20-4-2-1-3-18(20)24(30-32)25(33)29-16-7-5-15(6-8-16)19-12-27-14-28-19/h1-12,14H,13H2,(H,27,28)(H,29,33). The minimum atomic E-state index is -0.289. The second kappa shape index (κ2) is 8.86. The summed E-state index contributed by atoms with van der Waals surface area (Å²) in [4.78, 5) is 21.2. The Kier molecular flexibility index (Phi) is 5.40. The summed E-state index contributed by atoms with van der Waals surface area (Å²) in [6.07, 6.45) is 3.38. The van der Waals surface area contributed by atoms with Gasteiger partial charge in [-0.3, -0.25) is 9.48 Å². The van der Waals surface area contributed by atoms with Crippen LogP contribution in [0.2, 0.25) is 4.34 Å². The molecular weight excluding hydrogens is 484 g/mol. The second-order valence-corrected chi connectivity index (χ2v) is 9.52. The lowest BCUT2D eigenvalue weighted by Gasteiger charge is -2.05. The molecule has 2 aromatic carbocycles. The Morgan fingerprint density at radius 2 is 1.97 bits per heavy atom. The third kappa shape index (κ3) is 4.23. The van der Waals surface area contributed by atoms with E-state index in [0.29, 0.717) is 33.7 Å². The van der Waals surface area contributed by atoms with Crippen molar-refractivity contribution in [3.63, 3.8) is 0 Å². The van der Waals surface area contributed by atoms with E-state index in [4.69, 9.17) is 16.1 Å². The molecule has 0 unspecified atom stereocenters. The Balaban J connectivity index is 1.25. The average molecular weight is 501 g/mol. The van der Waals surface area contributed by atoms with Gasteiger partial charge in [0.15, 0.2) is 11.5 Å². The van der Waals surface area contributed by atoms with Gasteiger partial charge in [-0.2, -0.15) is 5.10 Å². The summed E-state index contributed by atoms with van der Waals surface area (Å²) in [5.41, 5.74) is 4.42. The van der Waals surface area contributed by atoms with E-state index in [9.17, 15) is 4.79 Å². The van der Waals surface area contributed by atoms with Crippen molar-refractivity contribution in [2.75, 3.05) is 5.32 Å². The highest BCUT2D eigenvalue weighted by atomic mass is 35.5. The topological polar surface area (TPSA) is 102 Å². The molecule has 10 heteroatoms. The highest BCUT2D eigenvalue weighted by molar-refractivity contribution is 7.19. The van der Waals surface area contributed by atoms with Crippen molar-refractivity contribution in [2.45, 2.75) is 6.54 Å². The van der Waals surface area contributed by atoms with E-state index in [0.717, 1.165) is 27.0 Å². The number of nitrogens with zero attached hydrogens (tertiary/aromatic N) is 4. The summed E-state index contributed by atoms with van der Waals surface area (Å²) in [7, 11) is 0. The van der Waals surface area contributed by atoms with Gasteiger partial charge >= 0.3 is 0 Å². The molecule has 2 N–H and O–H groups in total. The molecule has 0 aliphatic heterocycles. The third-order valence-corrected chi connectivity index (χ3v) is 6.76. The quantitative estimate of drug-likeness (QED) is 0.288. The number of para-hydroxylation sites is 1. The lowest BCUT2D eigenvalue weighted by Crippen LogP contribution is -2.14. The van der Waals surface area contributed by atoms with E-state index in [1.807, 2.05) is 66.7 Å². The normalized spacial score (nSPS) is 11.2. The summed E-state index contributed by atoms with van der Waals surface area (Å²) < 4.78 is 7.93. The number of carbonyl (C=O) groups excluding carboxylic acids is 1. The van der Waals surface area contributed by atoms with Crippen molar-refractivity contribution < 1.29 is 9.32 Å². The van der Waals surface area contributed by atoms with Crippen molar-refractivity contribution in [1.29, 1.82) is 0 Å². The van der Waals surface area contributed by atoms with Crippen LogP contribution in [0.5, 0.6) is 0 Å². The van der Waals surface area contributed by atoms with Crippen molar-refractivity contribution in [3.05, 3.63) is 95.0 Å². The fourth-order valence-corrected chi connectivity index (χ4v) is 4.85. The summed E-state index contributed by atoms with van der Waals surface area (Å²) in [6.45, 7) is 0.356. The minimum Gasteiger partial charge on any atom is -0.355 e. The molecule has 0 aliphatic carbocycles. The molecule has 172 valence electrons. The Labute approximate surface area is 208 Å². The molecule has 0 saturated heterocycles.